The fraction of sp³-hybridized carbons (Fsp3) is 0.462. The summed E-state index contributed by atoms with van der Waals surface area (Å²) in [6, 6.07) is 8.60. The fourth-order valence-corrected chi connectivity index (χ4v) is 2.31. The molecule has 16 heavy (non-hydrogen) atoms. The van der Waals surface area contributed by atoms with Crippen molar-refractivity contribution in [2.45, 2.75) is 25.8 Å². The van der Waals surface area contributed by atoms with Crippen molar-refractivity contribution in [2.24, 2.45) is 5.92 Å². The second-order valence-electron chi connectivity index (χ2n) is 4.43. The number of rotatable bonds is 2. The van der Waals surface area contributed by atoms with Crippen LogP contribution < -0.4 is 5.32 Å². The molecule has 0 amide bonds. The molecule has 3 nitrogen and oxygen atoms in total. The lowest BCUT2D eigenvalue weighted by Gasteiger charge is -2.28. The van der Waals surface area contributed by atoms with Crippen LogP contribution in [0.1, 0.15) is 30.0 Å². The summed E-state index contributed by atoms with van der Waals surface area (Å²) < 4.78 is 0. The topological polar surface area (TPSA) is 49.3 Å². The van der Waals surface area contributed by atoms with Gasteiger partial charge in [-0.2, -0.15) is 0 Å². The van der Waals surface area contributed by atoms with E-state index in [1.807, 2.05) is 12.1 Å². The normalized spacial score (nSPS) is 25.3. The highest BCUT2D eigenvalue weighted by molar-refractivity contribution is 5.70. The van der Waals surface area contributed by atoms with Gasteiger partial charge in [0.25, 0.3) is 0 Å². The van der Waals surface area contributed by atoms with E-state index in [9.17, 15) is 4.79 Å². The van der Waals surface area contributed by atoms with Gasteiger partial charge in [0, 0.05) is 12.6 Å². The number of carbonyl (C=O) groups is 1. The lowest BCUT2D eigenvalue weighted by Crippen LogP contribution is -2.37. The highest BCUT2D eigenvalue weighted by Crippen LogP contribution is 2.27. The van der Waals surface area contributed by atoms with Crippen LogP contribution in [-0.4, -0.2) is 17.6 Å². The van der Waals surface area contributed by atoms with Crippen molar-refractivity contribution in [3.8, 4) is 0 Å². The van der Waals surface area contributed by atoms with Crippen molar-refractivity contribution in [2.75, 3.05) is 6.54 Å². The lowest BCUT2D eigenvalue weighted by atomic mass is 9.89. The number of carboxylic acid groups (broad SMARTS) is 1. The average Bonchev–Trinajstić information content (AvgIpc) is 2.30. The number of nitrogens with one attached hydrogen (secondary N) is 1. The van der Waals surface area contributed by atoms with Crippen molar-refractivity contribution < 1.29 is 9.90 Å². The molecule has 1 aliphatic heterocycles. The predicted octanol–water partition coefficient (Wildman–Crippen LogP) is 2.12. The molecule has 1 heterocycles. The SMILES string of the molecule is Cc1ccccc1C1CCC(C(=O)O)CN1. The van der Waals surface area contributed by atoms with E-state index in [2.05, 4.69) is 24.4 Å². The minimum Gasteiger partial charge on any atom is -0.481 e. The van der Waals surface area contributed by atoms with Gasteiger partial charge in [-0.15, -0.1) is 0 Å². The van der Waals surface area contributed by atoms with Crippen LogP contribution in [0.3, 0.4) is 0 Å². The molecule has 1 saturated heterocycles. The Kier molecular flexibility index (Phi) is 3.25. The van der Waals surface area contributed by atoms with Gasteiger partial charge >= 0.3 is 5.97 Å². The molecule has 0 saturated carbocycles. The van der Waals surface area contributed by atoms with Gasteiger partial charge in [-0.25, -0.2) is 0 Å². The van der Waals surface area contributed by atoms with Crippen LogP contribution in [0.15, 0.2) is 24.3 Å². The van der Waals surface area contributed by atoms with Crippen LogP contribution in [0.4, 0.5) is 0 Å². The molecule has 3 heteroatoms. The van der Waals surface area contributed by atoms with E-state index in [-0.39, 0.29) is 5.92 Å². The first-order valence-electron chi connectivity index (χ1n) is 5.70. The number of piperidine rings is 1. The third-order valence-corrected chi connectivity index (χ3v) is 3.33. The number of hydrogen-bond acceptors (Lipinski definition) is 2. The van der Waals surface area contributed by atoms with E-state index in [4.69, 9.17) is 5.11 Å². The number of hydrogen-bond donors (Lipinski definition) is 2. The van der Waals surface area contributed by atoms with Crippen LogP contribution in [0.25, 0.3) is 0 Å². The standard InChI is InChI=1S/C13H17NO2/c1-9-4-2-3-5-11(9)12-7-6-10(8-14-12)13(15)16/h2-5,10,12,14H,6-8H2,1H3,(H,15,16). The molecule has 0 radical (unpaired) electrons. The molecule has 86 valence electrons. The van der Waals surface area contributed by atoms with Gasteiger partial charge < -0.3 is 10.4 Å². The van der Waals surface area contributed by atoms with Crippen LogP contribution in [0.5, 0.6) is 0 Å². The maximum Gasteiger partial charge on any atom is 0.307 e. The Labute approximate surface area is 95.5 Å². The van der Waals surface area contributed by atoms with E-state index in [0.717, 1.165) is 12.8 Å². The first kappa shape index (κ1) is 11.1. The van der Waals surface area contributed by atoms with Gasteiger partial charge in [-0.3, -0.25) is 4.79 Å². The molecule has 2 unspecified atom stereocenters. The largest absolute Gasteiger partial charge is 0.481 e. The molecule has 2 N–H and O–H groups in total. The summed E-state index contributed by atoms with van der Waals surface area (Å²) in [4.78, 5) is 10.8. The molecule has 0 aromatic heterocycles. The Morgan fingerprint density at radius 2 is 2.12 bits per heavy atom. The summed E-state index contributed by atoms with van der Waals surface area (Å²) in [5.41, 5.74) is 2.57. The van der Waals surface area contributed by atoms with E-state index in [0.29, 0.717) is 12.6 Å². The third-order valence-electron chi connectivity index (χ3n) is 3.33. The van der Waals surface area contributed by atoms with E-state index in [1.165, 1.54) is 11.1 Å². The second kappa shape index (κ2) is 4.66. The summed E-state index contributed by atoms with van der Waals surface area (Å²) in [6.07, 6.45) is 1.67. The minimum atomic E-state index is -0.685. The summed E-state index contributed by atoms with van der Waals surface area (Å²) in [5.74, 6) is -0.906. The Bertz CT molecular complexity index is 381. The van der Waals surface area contributed by atoms with Gasteiger partial charge in [0.15, 0.2) is 0 Å². The number of aliphatic carboxylic acids is 1. The molecule has 2 rings (SSSR count). The molecule has 1 fully saturated rings. The van der Waals surface area contributed by atoms with Crippen LogP contribution in [0.2, 0.25) is 0 Å². The van der Waals surface area contributed by atoms with Crippen LogP contribution in [-0.2, 0) is 4.79 Å². The number of carboxylic acids is 1. The third kappa shape index (κ3) is 2.25. The molecule has 0 aliphatic carbocycles. The molecule has 1 aromatic carbocycles. The van der Waals surface area contributed by atoms with Crippen molar-refractivity contribution in [1.82, 2.24) is 5.32 Å². The Morgan fingerprint density at radius 1 is 1.38 bits per heavy atom. The Hall–Kier alpha value is -1.35. The number of benzene rings is 1. The van der Waals surface area contributed by atoms with Gasteiger partial charge in [0.2, 0.25) is 0 Å². The van der Waals surface area contributed by atoms with E-state index < -0.39 is 5.97 Å². The quantitative estimate of drug-likeness (QED) is 0.801. The summed E-state index contributed by atoms with van der Waals surface area (Å²) >= 11 is 0. The monoisotopic (exact) mass is 219 g/mol. The van der Waals surface area contributed by atoms with E-state index >= 15 is 0 Å². The molecule has 1 aliphatic rings. The highest BCUT2D eigenvalue weighted by atomic mass is 16.4. The summed E-state index contributed by atoms with van der Waals surface area (Å²) in [7, 11) is 0. The smallest absolute Gasteiger partial charge is 0.307 e. The zero-order valence-electron chi connectivity index (χ0n) is 9.44. The zero-order chi connectivity index (χ0) is 11.5. The molecule has 0 spiro atoms. The fourth-order valence-electron chi connectivity index (χ4n) is 2.31. The van der Waals surface area contributed by atoms with Crippen LogP contribution in [0, 0.1) is 12.8 Å². The molecular weight excluding hydrogens is 202 g/mol. The van der Waals surface area contributed by atoms with Gasteiger partial charge in [-0.1, -0.05) is 24.3 Å². The number of aryl methyl sites for hydroxylation is 1. The molecule has 1 aromatic rings. The molecule has 2 atom stereocenters. The van der Waals surface area contributed by atoms with Crippen molar-refractivity contribution in [1.29, 1.82) is 0 Å². The zero-order valence-corrected chi connectivity index (χ0v) is 9.44. The Morgan fingerprint density at radius 3 is 2.69 bits per heavy atom. The van der Waals surface area contributed by atoms with Crippen molar-refractivity contribution in [3.63, 3.8) is 0 Å². The second-order valence-corrected chi connectivity index (χ2v) is 4.43. The Balaban J connectivity index is 2.05. The average molecular weight is 219 g/mol. The van der Waals surface area contributed by atoms with Gasteiger partial charge in [0.05, 0.1) is 5.92 Å². The minimum absolute atomic E-state index is 0.222. The molecule has 0 bridgehead atoms. The van der Waals surface area contributed by atoms with Crippen molar-refractivity contribution in [3.05, 3.63) is 35.4 Å². The first-order valence-corrected chi connectivity index (χ1v) is 5.70. The van der Waals surface area contributed by atoms with Gasteiger partial charge in [-0.05, 0) is 30.9 Å². The van der Waals surface area contributed by atoms with Gasteiger partial charge in [0.1, 0.15) is 0 Å². The highest BCUT2D eigenvalue weighted by Gasteiger charge is 2.26. The summed E-state index contributed by atoms with van der Waals surface area (Å²) in [6.45, 7) is 2.68. The van der Waals surface area contributed by atoms with Crippen LogP contribution >= 0.6 is 0 Å². The first-order chi connectivity index (χ1) is 7.68. The van der Waals surface area contributed by atoms with Crippen molar-refractivity contribution >= 4 is 5.97 Å². The summed E-state index contributed by atoms with van der Waals surface area (Å²) in [5, 5.41) is 12.2. The lowest BCUT2D eigenvalue weighted by molar-refractivity contribution is -0.142. The maximum atomic E-state index is 10.8. The predicted molar refractivity (Wildman–Crippen MR) is 62.3 cm³/mol. The van der Waals surface area contributed by atoms with E-state index in [1.54, 1.807) is 0 Å². The maximum absolute atomic E-state index is 10.8. The molecular formula is C13H17NO2.